The normalized spacial score (nSPS) is 12.2. The van der Waals surface area contributed by atoms with Crippen molar-refractivity contribution in [3.8, 4) is 0 Å². The first kappa shape index (κ1) is 11.3. The molecule has 0 spiro atoms. The zero-order valence-corrected chi connectivity index (χ0v) is 9.81. The molecule has 0 aliphatic carbocycles. The number of aryl methyl sites for hydroxylation is 1. The fraction of sp³-hybridized carbons (Fsp3) is 0.385. The summed E-state index contributed by atoms with van der Waals surface area (Å²) >= 11 is 5.90. The minimum Gasteiger partial charge on any atom is -0.122 e. The molecule has 76 valence electrons. The third-order valence-electron chi connectivity index (χ3n) is 2.43. The van der Waals surface area contributed by atoms with E-state index < -0.39 is 0 Å². The van der Waals surface area contributed by atoms with E-state index in [2.05, 4.69) is 51.1 Å². The monoisotopic (exact) mass is 208 g/mol. The van der Waals surface area contributed by atoms with E-state index in [1.54, 1.807) is 0 Å². The van der Waals surface area contributed by atoms with Crippen LogP contribution in [-0.2, 0) is 0 Å². The summed E-state index contributed by atoms with van der Waals surface area (Å²) < 4.78 is 0. The van der Waals surface area contributed by atoms with Crippen molar-refractivity contribution in [2.75, 3.05) is 5.88 Å². The summed E-state index contributed by atoms with van der Waals surface area (Å²) in [5.41, 5.74) is 3.87. The van der Waals surface area contributed by atoms with Gasteiger partial charge in [0, 0.05) is 5.88 Å². The molecule has 1 aromatic carbocycles. The van der Waals surface area contributed by atoms with Gasteiger partial charge < -0.3 is 0 Å². The van der Waals surface area contributed by atoms with Gasteiger partial charge in [0.2, 0.25) is 0 Å². The Morgan fingerprint density at radius 1 is 1.36 bits per heavy atom. The molecule has 14 heavy (non-hydrogen) atoms. The van der Waals surface area contributed by atoms with Crippen molar-refractivity contribution < 1.29 is 0 Å². The zero-order valence-electron chi connectivity index (χ0n) is 9.05. The standard InChI is InChI=1S/C13H17Cl/c1-10(2)13(9-14)8-12-7-5-4-6-11(12)3/h4-8,10H,9H2,1-3H3/b13-8+. The van der Waals surface area contributed by atoms with E-state index in [1.807, 2.05) is 0 Å². The van der Waals surface area contributed by atoms with Crippen LogP contribution in [0.1, 0.15) is 25.0 Å². The molecular formula is C13H17Cl. The van der Waals surface area contributed by atoms with Crippen LogP contribution in [0.5, 0.6) is 0 Å². The SMILES string of the molecule is Cc1ccccc1/C=C(\CCl)C(C)C. The van der Waals surface area contributed by atoms with Crippen molar-refractivity contribution in [2.45, 2.75) is 20.8 Å². The van der Waals surface area contributed by atoms with Gasteiger partial charge in [0.1, 0.15) is 0 Å². The Kier molecular flexibility index (Phi) is 4.21. The fourth-order valence-corrected chi connectivity index (χ4v) is 1.69. The van der Waals surface area contributed by atoms with Crippen molar-refractivity contribution in [3.63, 3.8) is 0 Å². The number of allylic oxidation sites excluding steroid dienone is 1. The highest BCUT2D eigenvalue weighted by atomic mass is 35.5. The summed E-state index contributed by atoms with van der Waals surface area (Å²) in [7, 11) is 0. The average molecular weight is 209 g/mol. The van der Waals surface area contributed by atoms with E-state index in [4.69, 9.17) is 11.6 Å². The maximum absolute atomic E-state index is 5.90. The summed E-state index contributed by atoms with van der Waals surface area (Å²) in [6.45, 7) is 6.47. The predicted octanol–water partition coefficient (Wildman–Crippen LogP) is 4.27. The first-order chi connectivity index (χ1) is 6.65. The number of rotatable bonds is 3. The van der Waals surface area contributed by atoms with Gasteiger partial charge in [0.05, 0.1) is 0 Å². The quantitative estimate of drug-likeness (QED) is 0.651. The smallest absolute Gasteiger partial charge is 0.0439 e. The molecule has 0 aliphatic heterocycles. The number of hydrogen-bond acceptors (Lipinski definition) is 0. The van der Waals surface area contributed by atoms with E-state index in [0.717, 1.165) is 0 Å². The third kappa shape index (κ3) is 2.88. The molecule has 0 saturated heterocycles. The maximum Gasteiger partial charge on any atom is 0.0439 e. The molecule has 0 fully saturated rings. The third-order valence-corrected chi connectivity index (χ3v) is 2.73. The van der Waals surface area contributed by atoms with E-state index in [9.17, 15) is 0 Å². The molecule has 0 saturated carbocycles. The summed E-state index contributed by atoms with van der Waals surface area (Å²) in [5, 5.41) is 0. The number of hydrogen-bond donors (Lipinski definition) is 0. The van der Waals surface area contributed by atoms with Crippen LogP contribution in [0.2, 0.25) is 0 Å². The van der Waals surface area contributed by atoms with Gasteiger partial charge >= 0.3 is 0 Å². The minimum absolute atomic E-state index is 0.520. The molecule has 0 unspecified atom stereocenters. The molecule has 0 radical (unpaired) electrons. The molecule has 1 aromatic rings. The highest BCUT2D eigenvalue weighted by molar-refractivity contribution is 6.19. The number of halogens is 1. The Balaban J connectivity index is 3.00. The van der Waals surface area contributed by atoms with Gasteiger partial charge in [0.15, 0.2) is 0 Å². The summed E-state index contributed by atoms with van der Waals surface area (Å²) in [5.74, 6) is 1.14. The lowest BCUT2D eigenvalue weighted by Gasteiger charge is -2.08. The number of alkyl halides is 1. The highest BCUT2D eigenvalue weighted by Crippen LogP contribution is 2.18. The lowest BCUT2D eigenvalue weighted by Crippen LogP contribution is -1.95. The van der Waals surface area contributed by atoms with Crippen LogP contribution in [0.25, 0.3) is 6.08 Å². The molecule has 0 aliphatic rings. The lowest BCUT2D eigenvalue weighted by molar-refractivity contribution is 0.778. The van der Waals surface area contributed by atoms with Gasteiger partial charge in [-0.05, 0) is 24.0 Å². The molecule has 1 heteroatoms. The van der Waals surface area contributed by atoms with Gasteiger partial charge in [-0.1, -0.05) is 49.8 Å². The average Bonchev–Trinajstić information content (AvgIpc) is 2.16. The van der Waals surface area contributed by atoms with E-state index in [-0.39, 0.29) is 0 Å². The Hall–Kier alpha value is -0.750. The van der Waals surface area contributed by atoms with Crippen molar-refractivity contribution >= 4 is 17.7 Å². The van der Waals surface area contributed by atoms with Gasteiger partial charge in [-0.2, -0.15) is 0 Å². The molecule has 0 amide bonds. The highest BCUT2D eigenvalue weighted by Gasteiger charge is 2.02. The van der Waals surface area contributed by atoms with Crippen LogP contribution in [-0.4, -0.2) is 5.88 Å². The first-order valence-electron chi connectivity index (χ1n) is 4.97. The van der Waals surface area contributed by atoms with Crippen LogP contribution in [0.3, 0.4) is 0 Å². The second-order valence-electron chi connectivity index (χ2n) is 3.86. The van der Waals surface area contributed by atoms with Crippen molar-refractivity contribution in [3.05, 3.63) is 41.0 Å². The molecule has 0 nitrogen and oxygen atoms in total. The summed E-state index contributed by atoms with van der Waals surface area (Å²) in [6.07, 6.45) is 2.20. The minimum atomic E-state index is 0.520. The van der Waals surface area contributed by atoms with Gasteiger partial charge in [-0.25, -0.2) is 0 Å². The van der Waals surface area contributed by atoms with Crippen LogP contribution in [0, 0.1) is 12.8 Å². The second kappa shape index (κ2) is 5.21. The number of benzene rings is 1. The Labute approximate surface area is 91.6 Å². The Morgan fingerprint density at radius 3 is 2.50 bits per heavy atom. The van der Waals surface area contributed by atoms with Gasteiger partial charge in [-0.3, -0.25) is 0 Å². The largest absolute Gasteiger partial charge is 0.122 e. The first-order valence-corrected chi connectivity index (χ1v) is 5.50. The molecule has 0 aromatic heterocycles. The fourth-order valence-electron chi connectivity index (χ4n) is 1.31. The Morgan fingerprint density at radius 2 is 2.00 bits per heavy atom. The van der Waals surface area contributed by atoms with Crippen LogP contribution in [0.4, 0.5) is 0 Å². The van der Waals surface area contributed by atoms with E-state index in [1.165, 1.54) is 16.7 Å². The van der Waals surface area contributed by atoms with E-state index in [0.29, 0.717) is 11.8 Å². The molecule has 0 bridgehead atoms. The van der Waals surface area contributed by atoms with Gasteiger partial charge in [0.25, 0.3) is 0 Å². The Bertz CT molecular complexity index is 324. The molecular weight excluding hydrogens is 192 g/mol. The summed E-state index contributed by atoms with van der Waals surface area (Å²) in [6, 6.07) is 8.37. The topological polar surface area (TPSA) is 0 Å². The zero-order chi connectivity index (χ0) is 10.6. The van der Waals surface area contributed by atoms with Crippen LogP contribution in [0.15, 0.2) is 29.8 Å². The molecule has 0 atom stereocenters. The summed E-state index contributed by atoms with van der Waals surface area (Å²) in [4.78, 5) is 0. The van der Waals surface area contributed by atoms with Gasteiger partial charge in [-0.15, -0.1) is 11.6 Å². The lowest BCUT2D eigenvalue weighted by atomic mass is 10.00. The van der Waals surface area contributed by atoms with E-state index >= 15 is 0 Å². The van der Waals surface area contributed by atoms with Crippen LogP contribution >= 0.6 is 11.6 Å². The van der Waals surface area contributed by atoms with Crippen molar-refractivity contribution in [2.24, 2.45) is 5.92 Å². The van der Waals surface area contributed by atoms with Crippen LogP contribution < -0.4 is 0 Å². The second-order valence-corrected chi connectivity index (χ2v) is 4.13. The predicted molar refractivity (Wildman–Crippen MR) is 64.7 cm³/mol. The van der Waals surface area contributed by atoms with Crippen molar-refractivity contribution in [1.82, 2.24) is 0 Å². The molecule has 0 N–H and O–H groups in total. The van der Waals surface area contributed by atoms with Crippen molar-refractivity contribution in [1.29, 1.82) is 0 Å². The maximum atomic E-state index is 5.90. The molecule has 0 heterocycles. The molecule has 1 rings (SSSR count).